The van der Waals surface area contributed by atoms with E-state index in [-0.39, 0.29) is 15.8 Å². The zero-order valence-corrected chi connectivity index (χ0v) is 12.3. The summed E-state index contributed by atoms with van der Waals surface area (Å²) in [5.74, 6) is -0.176. The van der Waals surface area contributed by atoms with Crippen molar-refractivity contribution in [3.05, 3.63) is 57.8 Å². The van der Waals surface area contributed by atoms with Crippen molar-refractivity contribution < 1.29 is 8.42 Å². The molecule has 0 spiro atoms. The molecular formula is C12H9BrClNO2S. The second-order valence-corrected chi connectivity index (χ2v) is 6.84. The van der Waals surface area contributed by atoms with E-state index in [9.17, 15) is 8.42 Å². The van der Waals surface area contributed by atoms with Crippen LogP contribution in [0.3, 0.4) is 0 Å². The Balaban J connectivity index is 2.41. The van der Waals surface area contributed by atoms with Crippen molar-refractivity contribution in [3.63, 3.8) is 0 Å². The summed E-state index contributed by atoms with van der Waals surface area (Å²) < 4.78 is 25.0. The monoisotopic (exact) mass is 345 g/mol. The van der Waals surface area contributed by atoms with Crippen LogP contribution in [-0.4, -0.2) is 13.4 Å². The molecule has 94 valence electrons. The predicted octanol–water partition coefficient (Wildman–Crippen LogP) is 3.47. The van der Waals surface area contributed by atoms with Gasteiger partial charge in [-0.05, 0) is 18.2 Å². The maximum atomic E-state index is 12.2. The normalized spacial score (nSPS) is 11.4. The predicted molar refractivity (Wildman–Crippen MR) is 74.3 cm³/mol. The summed E-state index contributed by atoms with van der Waals surface area (Å²) in [4.78, 5) is 4.16. The number of halogens is 2. The summed E-state index contributed by atoms with van der Waals surface area (Å²) in [6.45, 7) is 0. The maximum Gasteiger partial charge on any atom is 0.182 e. The first-order chi connectivity index (χ1) is 8.50. The molecule has 0 saturated carbocycles. The van der Waals surface area contributed by atoms with Crippen LogP contribution in [0.4, 0.5) is 0 Å². The Morgan fingerprint density at radius 3 is 2.44 bits per heavy atom. The molecule has 0 radical (unpaired) electrons. The molecule has 1 heterocycles. The summed E-state index contributed by atoms with van der Waals surface area (Å²) in [5.41, 5.74) is 0.475. The largest absolute Gasteiger partial charge is 0.244 e. The molecule has 18 heavy (non-hydrogen) atoms. The third-order valence-electron chi connectivity index (χ3n) is 2.38. The lowest BCUT2D eigenvalue weighted by Crippen LogP contribution is -2.06. The highest BCUT2D eigenvalue weighted by molar-refractivity contribution is 9.10. The van der Waals surface area contributed by atoms with Crippen LogP contribution >= 0.6 is 27.5 Å². The molecule has 0 fully saturated rings. The van der Waals surface area contributed by atoms with Gasteiger partial charge < -0.3 is 0 Å². The van der Waals surface area contributed by atoms with E-state index in [0.29, 0.717) is 10.0 Å². The lowest BCUT2D eigenvalue weighted by atomic mass is 10.3. The van der Waals surface area contributed by atoms with E-state index in [1.165, 1.54) is 6.20 Å². The van der Waals surface area contributed by atoms with Gasteiger partial charge in [0.25, 0.3) is 0 Å². The molecule has 1 aromatic heterocycles. The van der Waals surface area contributed by atoms with Gasteiger partial charge in [0, 0.05) is 16.2 Å². The van der Waals surface area contributed by atoms with Gasteiger partial charge >= 0.3 is 0 Å². The third kappa shape index (κ3) is 2.91. The molecule has 6 heteroatoms. The molecule has 0 aliphatic rings. The number of aromatic nitrogens is 1. The fourth-order valence-electron chi connectivity index (χ4n) is 1.47. The highest BCUT2D eigenvalue weighted by atomic mass is 79.9. The minimum absolute atomic E-state index is 0.176. The summed E-state index contributed by atoms with van der Waals surface area (Å²) in [6, 6.07) is 9.94. The molecule has 0 saturated heterocycles. The summed E-state index contributed by atoms with van der Waals surface area (Å²) in [5, 5.41) is 0.198. The van der Waals surface area contributed by atoms with Crippen LogP contribution in [0, 0.1) is 0 Å². The standard InChI is InChI=1S/C12H9BrClNO2S/c13-11-6-7-15-12(14)10(11)8-18(16,17)9-4-2-1-3-5-9/h1-7H,8H2. The van der Waals surface area contributed by atoms with Crippen molar-refractivity contribution in [2.75, 3.05) is 0 Å². The number of sulfone groups is 1. The van der Waals surface area contributed by atoms with Crippen molar-refractivity contribution in [2.45, 2.75) is 10.6 Å². The Morgan fingerprint density at radius 2 is 1.83 bits per heavy atom. The quantitative estimate of drug-likeness (QED) is 0.800. The fourth-order valence-corrected chi connectivity index (χ4v) is 3.94. The lowest BCUT2D eigenvalue weighted by molar-refractivity contribution is 0.595. The molecule has 2 aromatic rings. The van der Waals surface area contributed by atoms with E-state index in [2.05, 4.69) is 20.9 Å². The van der Waals surface area contributed by atoms with Crippen LogP contribution in [0.5, 0.6) is 0 Å². The first kappa shape index (κ1) is 13.5. The van der Waals surface area contributed by atoms with Gasteiger partial charge in [0.15, 0.2) is 9.84 Å². The molecule has 0 unspecified atom stereocenters. The van der Waals surface area contributed by atoms with Crippen molar-refractivity contribution in [1.82, 2.24) is 4.98 Å². The van der Waals surface area contributed by atoms with Crippen LogP contribution in [0.2, 0.25) is 5.15 Å². The number of hydrogen-bond acceptors (Lipinski definition) is 3. The van der Waals surface area contributed by atoms with E-state index < -0.39 is 9.84 Å². The summed E-state index contributed by atoms with van der Waals surface area (Å²) in [6.07, 6.45) is 1.52. The van der Waals surface area contributed by atoms with Crippen LogP contribution in [0.25, 0.3) is 0 Å². The Bertz CT molecular complexity index is 639. The van der Waals surface area contributed by atoms with Gasteiger partial charge in [-0.3, -0.25) is 0 Å². The molecule has 2 rings (SSSR count). The van der Waals surface area contributed by atoms with E-state index in [1.807, 2.05) is 0 Å². The second-order valence-electron chi connectivity index (χ2n) is 3.63. The molecule has 0 bridgehead atoms. The highest BCUT2D eigenvalue weighted by Gasteiger charge is 2.19. The average Bonchev–Trinajstić information content (AvgIpc) is 2.35. The highest BCUT2D eigenvalue weighted by Crippen LogP contribution is 2.26. The van der Waals surface area contributed by atoms with E-state index in [4.69, 9.17) is 11.6 Å². The fraction of sp³-hybridized carbons (Fsp3) is 0.0833. The van der Waals surface area contributed by atoms with Gasteiger partial charge in [-0.2, -0.15) is 0 Å². The van der Waals surface area contributed by atoms with Gasteiger partial charge in [0.2, 0.25) is 0 Å². The smallest absolute Gasteiger partial charge is 0.182 e. The SMILES string of the molecule is O=S(=O)(Cc1c(Br)ccnc1Cl)c1ccccc1. The summed E-state index contributed by atoms with van der Waals surface area (Å²) in [7, 11) is -3.41. The number of nitrogens with zero attached hydrogens (tertiary/aromatic N) is 1. The maximum absolute atomic E-state index is 12.2. The molecule has 1 aromatic carbocycles. The van der Waals surface area contributed by atoms with Gasteiger partial charge in [-0.15, -0.1) is 0 Å². The Labute approximate surface area is 119 Å². The van der Waals surface area contributed by atoms with Crippen LogP contribution in [0.1, 0.15) is 5.56 Å². The van der Waals surface area contributed by atoms with Gasteiger partial charge in [0.1, 0.15) is 5.15 Å². The minimum atomic E-state index is -3.41. The summed E-state index contributed by atoms with van der Waals surface area (Å²) >= 11 is 9.20. The van der Waals surface area contributed by atoms with Crippen molar-refractivity contribution >= 4 is 37.4 Å². The number of hydrogen-bond donors (Lipinski definition) is 0. The third-order valence-corrected chi connectivity index (χ3v) is 5.11. The van der Waals surface area contributed by atoms with Crippen molar-refractivity contribution in [2.24, 2.45) is 0 Å². The van der Waals surface area contributed by atoms with Crippen LogP contribution in [-0.2, 0) is 15.6 Å². The van der Waals surface area contributed by atoms with Gasteiger partial charge in [0.05, 0.1) is 10.6 Å². The Morgan fingerprint density at radius 1 is 1.17 bits per heavy atom. The van der Waals surface area contributed by atoms with E-state index >= 15 is 0 Å². The Kier molecular flexibility index (Phi) is 4.04. The topological polar surface area (TPSA) is 47.0 Å². The van der Waals surface area contributed by atoms with E-state index in [1.54, 1.807) is 36.4 Å². The molecule has 0 aliphatic heterocycles. The van der Waals surface area contributed by atoms with Crippen LogP contribution < -0.4 is 0 Å². The lowest BCUT2D eigenvalue weighted by Gasteiger charge is -2.07. The first-order valence-electron chi connectivity index (χ1n) is 5.07. The molecular weight excluding hydrogens is 338 g/mol. The molecule has 0 amide bonds. The van der Waals surface area contributed by atoms with Crippen molar-refractivity contribution in [1.29, 1.82) is 0 Å². The Hall–Kier alpha value is -0.910. The van der Waals surface area contributed by atoms with E-state index in [0.717, 1.165) is 0 Å². The van der Waals surface area contributed by atoms with Crippen molar-refractivity contribution in [3.8, 4) is 0 Å². The minimum Gasteiger partial charge on any atom is -0.244 e. The van der Waals surface area contributed by atoms with Gasteiger partial charge in [-0.1, -0.05) is 45.7 Å². The van der Waals surface area contributed by atoms with Crippen LogP contribution in [0.15, 0.2) is 52.0 Å². The molecule has 0 aliphatic carbocycles. The molecule has 0 atom stereocenters. The molecule has 0 N–H and O–H groups in total. The molecule has 3 nitrogen and oxygen atoms in total. The van der Waals surface area contributed by atoms with Gasteiger partial charge in [-0.25, -0.2) is 13.4 Å². The zero-order valence-electron chi connectivity index (χ0n) is 9.18. The number of pyridine rings is 1. The first-order valence-corrected chi connectivity index (χ1v) is 7.90. The second kappa shape index (κ2) is 5.38. The number of rotatable bonds is 3. The zero-order chi connectivity index (χ0) is 13.2. The average molecular weight is 347 g/mol. The number of benzene rings is 1.